The lowest BCUT2D eigenvalue weighted by Crippen LogP contribution is -2.40. The number of carbonyl (C=O) groups is 1. The summed E-state index contributed by atoms with van der Waals surface area (Å²) in [5.41, 5.74) is 3.35. The molecule has 1 aliphatic heterocycles. The monoisotopic (exact) mass is 349 g/mol. The Balaban J connectivity index is 1.73. The summed E-state index contributed by atoms with van der Waals surface area (Å²) in [6.45, 7) is 5.40. The molecule has 0 atom stereocenters. The van der Waals surface area contributed by atoms with Crippen molar-refractivity contribution in [1.82, 2.24) is 14.9 Å². The Morgan fingerprint density at radius 1 is 1.38 bits per heavy atom. The summed E-state index contributed by atoms with van der Waals surface area (Å²) in [5.74, 6) is 0.848. The molecule has 1 aromatic carbocycles. The van der Waals surface area contributed by atoms with Gasteiger partial charge in [-0.2, -0.15) is 5.26 Å². The fourth-order valence-corrected chi connectivity index (χ4v) is 3.26. The molecule has 0 unspecified atom stereocenters. The van der Waals surface area contributed by atoms with Crippen molar-refractivity contribution >= 4 is 17.5 Å². The van der Waals surface area contributed by atoms with Gasteiger partial charge in [0.2, 0.25) is 11.9 Å². The molecule has 0 fully saturated rings. The van der Waals surface area contributed by atoms with Crippen LogP contribution in [0.25, 0.3) is 0 Å². The molecule has 0 radical (unpaired) electrons. The highest BCUT2D eigenvalue weighted by Gasteiger charge is 2.26. The van der Waals surface area contributed by atoms with Gasteiger partial charge in [-0.25, -0.2) is 9.97 Å². The van der Waals surface area contributed by atoms with Crippen LogP contribution in [0.3, 0.4) is 0 Å². The van der Waals surface area contributed by atoms with Crippen LogP contribution in [0.2, 0.25) is 0 Å². The van der Waals surface area contributed by atoms with Crippen LogP contribution in [0.1, 0.15) is 43.5 Å². The van der Waals surface area contributed by atoms with E-state index < -0.39 is 0 Å². The second-order valence-electron chi connectivity index (χ2n) is 6.51. The highest BCUT2D eigenvalue weighted by Crippen LogP contribution is 2.22. The summed E-state index contributed by atoms with van der Waals surface area (Å²) in [7, 11) is 0. The number of nitrogens with one attached hydrogen (secondary N) is 1. The van der Waals surface area contributed by atoms with Crippen molar-refractivity contribution in [3.63, 3.8) is 0 Å². The number of fused-ring (bicyclic) bond motifs is 1. The minimum absolute atomic E-state index is 0.103. The summed E-state index contributed by atoms with van der Waals surface area (Å²) < 4.78 is 0. The molecule has 134 valence electrons. The number of nitrogens with zero attached hydrogens (tertiary/aromatic N) is 4. The first-order chi connectivity index (χ1) is 12.6. The lowest BCUT2D eigenvalue weighted by atomic mass is 9.99. The molecule has 2 aromatic rings. The normalized spacial score (nSPS) is 13.2. The SMILES string of the molecule is CCC(CC)C(=O)N1CCc2nc(Nc3cccc(C#N)c3)ncc2C1. The quantitative estimate of drug-likeness (QED) is 0.894. The first-order valence-electron chi connectivity index (χ1n) is 9.05. The van der Waals surface area contributed by atoms with Crippen molar-refractivity contribution in [3.8, 4) is 6.07 Å². The molecular formula is C20H23N5O. The molecule has 26 heavy (non-hydrogen) atoms. The van der Waals surface area contributed by atoms with E-state index in [0.717, 1.165) is 36.2 Å². The number of anilines is 2. The maximum Gasteiger partial charge on any atom is 0.227 e. The smallest absolute Gasteiger partial charge is 0.227 e. The van der Waals surface area contributed by atoms with Crippen molar-refractivity contribution < 1.29 is 4.79 Å². The zero-order valence-electron chi connectivity index (χ0n) is 15.2. The first-order valence-corrected chi connectivity index (χ1v) is 9.05. The highest BCUT2D eigenvalue weighted by molar-refractivity contribution is 5.79. The molecule has 1 aromatic heterocycles. The Hall–Kier alpha value is -2.94. The van der Waals surface area contributed by atoms with Crippen molar-refractivity contribution in [2.75, 3.05) is 11.9 Å². The third kappa shape index (κ3) is 3.83. The molecule has 6 nitrogen and oxygen atoms in total. The van der Waals surface area contributed by atoms with Crippen LogP contribution < -0.4 is 5.32 Å². The van der Waals surface area contributed by atoms with E-state index in [1.54, 1.807) is 18.3 Å². The molecular weight excluding hydrogens is 326 g/mol. The largest absolute Gasteiger partial charge is 0.338 e. The second-order valence-corrected chi connectivity index (χ2v) is 6.51. The summed E-state index contributed by atoms with van der Waals surface area (Å²) in [6, 6.07) is 9.33. The van der Waals surface area contributed by atoms with Crippen LogP contribution >= 0.6 is 0 Å². The highest BCUT2D eigenvalue weighted by atomic mass is 16.2. The van der Waals surface area contributed by atoms with E-state index in [1.807, 2.05) is 17.0 Å². The van der Waals surface area contributed by atoms with Gasteiger partial charge in [0, 0.05) is 42.9 Å². The minimum atomic E-state index is 0.103. The molecule has 0 bridgehead atoms. The number of hydrogen-bond acceptors (Lipinski definition) is 5. The maximum atomic E-state index is 12.6. The van der Waals surface area contributed by atoms with Gasteiger partial charge in [0.15, 0.2) is 0 Å². The summed E-state index contributed by atoms with van der Waals surface area (Å²) in [4.78, 5) is 23.5. The zero-order valence-corrected chi connectivity index (χ0v) is 15.2. The predicted molar refractivity (Wildman–Crippen MR) is 99.7 cm³/mol. The molecule has 0 spiro atoms. The third-order valence-electron chi connectivity index (χ3n) is 4.83. The second kappa shape index (κ2) is 7.96. The van der Waals surface area contributed by atoms with Crippen LogP contribution in [0.5, 0.6) is 0 Å². The van der Waals surface area contributed by atoms with Crippen LogP contribution in [-0.2, 0) is 17.8 Å². The Kier molecular flexibility index (Phi) is 5.47. The van der Waals surface area contributed by atoms with Gasteiger partial charge in [-0.3, -0.25) is 4.79 Å². The number of amides is 1. The summed E-state index contributed by atoms with van der Waals surface area (Å²) >= 11 is 0. The van der Waals surface area contributed by atoms with E-state index in [0.29, 0.717) is 24.6 Å². The Bertz CT molecular complexity index is 838. The fraction of sp³-hybridized carbons (Fsp3) is 0.400. The van der Waals surface area contributed by atoms with Crippen molar-refractivity contribution in [2.24, 2.45) is 5.92 Å². The van der Waals surface area contributed by atoms with E-state index in [9.17, 15) is 4.79 Å². The number of hydrogen-bond donors (Lipinski definition) is 1. The Morgan fingerprint density at radius 3 is 2.92 bits per heavy atom. The predicted octanol–water partition coefficient (Wildman–Crippen LogP) is 3.41. The molecule has 1 N–H and O–H groups in total. The number of rotatable bonds is 5. The Morgan fingerprint density at radius 2 is 2.19 bits per heavy atom. The van der Waals surface area contributed by atoms with Gasteiger partial charge in [-0.1, -0.05) is 19.9 Å². The van der Waals surface area contributed by atoms with Gasteiger partial charge in [0.05, 0.1) is 17.3 Å². The third-order valence-corrected chi connectivity index (χ3v) is 4.83. The Labute approximate surface area is 153 Å². The standard InChI is InChI=1S/C20H23N5O/c1-3-15(4-2)19(26)25-9-8-18-16(13-25)12-22-20(24-18)23-17-7-5-6-14(10-17)11-21/h5-7,10,12,15H,3-4,8-9,13H2,1-2H3,(H,22,23,24). The molecule has 0 saturated carbocycles. The number of benzene rings is 1. The van der Waals surface area contributed by atoms with E-state index in [2.05, 4.69) is 35.2 Å². The van der Waals surface area contributed by atoms with Crippen LogP contribution in [0.15, 0.2) is 30.5 Å². The number of carbonyl (C=O) groups excluding carboxylic acids is 1. The van der Waals surface area contributed by atoms with Gasteiger partial charge < -0.3 is 10.2 Å². The number of aromatic nitrogens is 2. The summed E-state index contributed by atoms with van der Waals surface area (Å²) in [5, 5.41) is 12.1. The average Bonchev–Trinajstić information content (AvgIpc) is 2.68. The van der Waals surface area contributed by atoms with Crippen molar-refractivity contribution in [1.29, 1.82) is 5.26 Å². The molecule has 3 rings (SSSR count). The van der Waals surface area contributed by atoms with Gasteiger partial charge in [0.1, 0.15) is 0 Å². The van der Waals surface area contributed by atoms with E-state index >= 15 is 0 Å². The average molecular weight is 349 g/mol. The maximum absolute atomic E-state index is 12.6. The molecule has 0 saturated heterocycles. The van der Waals surface area contributed by atoms with Crippen molar-refractivity contribution in [3.05, 3.63) is 47.3 Å². The molecule has 1 aliphatic rings. The van der Waals surface area contributed by atoms with Crippen LogP contribution in [0, 0.1) is 17.2 Å². The van der Waals surface area contributed by atoms with E-state index in [-0.39, 0.29) is 11.8 Å². The topological polar surface area (TPSA) is 81.9 Å². The van der Waals surface area contributed by atoms with Gasteiger partial charge in [0.25, 0.3) is 0 Å². The zero-order chi connectivity index (χ0) is 18.5. The molecule has 6 heteroatoms. The van der Waals surface area contributed by atoms with Gasteiger partial charge in [-0.05, 0) is 31.0 Å². The van der Waals surface area contributed by atoms with Crippen molar-refractivity contribution in [2.45, 2.75) is 39.7 Å². The number of nitriles is 1. The molecule has 1 amide bonds. The van der Waals surface area contributed by atoms with E-state index in [1.165, 1.54) is 0 Å². The molecule has 0 aliphatic carbocycles. The lowest BCUT2D eigenvalue weighted by molar-refractivity contribution is -0.136. The molecule has 2 heterocycles. The lowest BCUT2D eigenvalue weighted by Gasteiger charge is -2.30. The first kappa shape index (κ1) is 17.9. The fourth-order valence-electron chi connectivity index (χ4n) is 3.26. The van der Waals surface area contributed by atoms with E-state index in [4.69, 9.17) is 5.26 Å². The van der Waals surface area contributed by atoms with Gasteiger partial charge in [-0.15, -0.1) is 0 Å². The van der Waals surface area contributed by atoms with Crippen LogP contribution in [-0.4, -0.2) is 27.3 Å². The van der Waals surface area contributed by atoms with Gasteiger partial charge >= 0.3 is 0 Å². The summed E-state index contributed by atoms with van der Waals surface area (Å²) in [6.07, 6.45) is 4.28. The minimum Gasteiger partial charge on any atom is -0.338 e. The van der Waals surface area contributed by atoms with Crippen LogP contribution in [0.4, 0.5) is 11.6 Å².